The van der Waals surface area contributed by atoms with Crippen molar-refractivity contribution in [1.82, 2.24) is 5.32 Å². The maximum absolute atomic E-state index is 11.8. The van der Waals surface area contributed by atoms with Crippen molar-refractivity contribution in [3.05, 3.63) is 66.2 Å². The summed E-state index contributed by atoms with van der Waals surface area (Å²) in [6, 6.07) is 18.7. The molecule has 0 aromatic heterocycles. The van der Waals surface area contributed by atoms with Gasteiger partial charge >= 0.3 is 0 Å². The van der Waals surface area contributed by atoms with Crippen molar-refractivity contribution in [2.45, 2.75) is 32.1 Å². The van der Waals surface area contributed by atoms with Gasteiger partial charge in [0.1, 0.15) is 0 Å². The molecule has 0 aliphatic rings. The molecule has 4 nitrogen and oxygen atoms in total. The van der Waals surface area contributed by atoms with Crippen LogP contribution in [0.4, 0.5) is 5.69 Å². The molecule has 2 aromatic carbocycles. The molecule has 0 radical (unpaired) electrons. The number of para-hydroxylation sites is 1. The van der Waals surface area contributed by atoms with E-state index in [4.69, 9.17) is 0 Å². The van der Waals surface area contributed by atoms with Crippen LogP contribution in [0.15, 0.2) is 60.7 Å². The normalized spacial score (nSPS) is 10.2. The molecule has 2 rings (SSSR count). The van der Waals surface area contributed by atoms with E-state index in [1.165, 1.54) is 0 Å². The molecule has 0 fully saturated rings. The molecule has 2 aromatic rings. The number of hydrogen-bond donors (Lipinski definition) is 2. The summed E-state index contributed by atoms with van der Waals surface area (Å²) in [5, 5.41) is 5.79. The zero-order valence-corrected chi connectivity index (χ0v) is 13.8. The Hall–Kier alpha value is -2.62. The Kier molecular flexibility index (Phi) is 7.54. The van der Waals surface area contributed by atoms with Crippen molar-refractivity contribution < 1.29 is 9.59 Å². The molecule has 0 unspecified atom stereocenters. The first-order valence-electron chi connectivity index (χ1n) is 8.44. The molecule has 0 atom stereocenters. The fraction of sp³-hybridized carbons (Fsp3) is 0.300. The number of carbonyl (C=O) groups is 2. The summed E-state index contributed by atoms with van der Waals surface area (Å²) in [7, 11) is 0. The molecular weight excluding hydrogens is 300 g/mol. The summed E-state index contributed by atoms with van der Waals surface area (Å²) in [5.41, 5.74) is 1.53. The number of nitrogens with one attached hydrogen (secondary N) is 2. The lowest BCUT2D eigenvalue weighted by Gasteiger charge is -2.06. The lowest BCUT2D eigenvalue weighted by Crippen LogP contribution is -2.24. The van der Waals surface area contributed by atoms with Crippen molar-refractivity contribution in [3.63, 3.8) is 0 Å². The predicted octanol–water partition coefficient (Wildman–Crippen LogP) is 4.01. The van der Waals surface area contributed by atoms with E-state index in [1.54, 1.807) is 12.1 Å². The van der Waals surface area contributed by atoms with Gasteiger partial charge in [-0.2, -0.15) is 0 Å². The fourth-order valence-electron chi connectivity index (χ4n) is 2.40. The van der Waals surface area contributed by atoms with Gasteiger partial charge in [-0.25, -0.2) is 0 Å². The minimum absolute atomic E-state index is 0.0298. The van der Waals surface area contributed by atoms with Crippen molar-refractivity contribution in [3.8, 4) is 0 Å². The summed E-state index contributed by atoms with van der Waals surface area (Å²) in [5.74, 6) is 0.0245. The number of benzene rings is 2. The number of carbonyl (C=O) groups excluding carboxylic acids is 2. The van der Waals surface area contributed by atoms with Crippen LogP contribution in [0.2, 0.25) is 0 Å². The van der Waals surface area contributed by atoms with Crippen LogP contribution in [-0.2, 0) is 4.79 Å². The molecule has 0 aliphatic heterocycles. The van der Waals surface area contributed by atoms with Crippen LogP contribution in [0.3, 0.4) is 0 Å². The van der Waals surface area contributed by atoms with Crippen LogP contribution in [0, 0.1) is 0 Å². The largest absolute Gasteiger partial charge is 0.352 e. The maximum Gasteiger partial charge on any atom is 0.251 e. The second-order valence-corrected chi connectivity index (χ2v) is 5.70. The molecule has 0 spiro atoms. The first kappa shape index (κ1) is 17.7. The van der Waals surface area contributed by atoms with Crippen LogP contribution in [0.1, 0.15) is 42.5 Å². The van der Waals surface area contributed by atoms with Crippen LogP contribution >= 0.6 is 0 Å². The second-order valence-electron chi connectivity index (χ2n) is 5.70. The van der Waals surface area contributed by atoms with Crippen LogP contribution in [0.25, 0.3) is 0 Å². The highest BCUT2D eigenvalue weighted by atomic mass is 16.2. The van der Waals surface area contributed by atoms with Crippen LogP contribution in [0.5, 0.6) is 0 Å². The van der Waals surface area contributed by atoms with Gasteiger partial charge in [-0.1, -0.05) is 49.2 Å². The summed E-state index contributed by atoms with van der Waals surface area (Å²) in [4.78, 5) is 23.6. The van der Waals surface area contributed by atoms with Gasteiger partial charge in [-0.15, -0.1) is 0 Å². The number of hydrogen-bond acceptors (Lipinski definition) is 2. The minimum Gasteiger partial charge on any atom is -0.352 e. The Bertz CT molecular complexity index is 627. The van der Waals surface area contributed by atoms with Crippen molar-refractivity contribution in [2.75, 3.05) is 11.9 Å². The zero-order valence-electron chi connectivity index (χ0n) is 13.8. The molecule has 4 heteroatoms. The third-order valence-electron chi connectivity index (χ3n) is 3.71. The highest BCUT2D eigenvalue weighted by molar-refractivity contribution is 5.94. The predicted molar refractivity (Wildman–Crippen MR) is 96.9 cm³/mol. The average Bonchev–Trinajstić information content (AvgIpc) is 2.62. The Morgan fingerprint density at radius 2 is 1.38 bits per heavy atom. The Morgan fingerprint density at radius 3 is 2.08 bits per heavy atom. The Balaban J connectivity index is 1.49. The van der Waals surface area contributed by atoms with E-state index in [9.17, 15) is 9.59 Å². The standard InChI is InChI=1S/C20H24N2O2/c23-19(22-18-13-7-4-8-14-18)15-9-1-2-10-16-21-20(24)17-11-5-3-6-12-17/h3-8,11-14H,1-2,9-10,15-16H2,(H,21,24)(H,22,23). The van der Waals surface area contributed by atoms with Crippen molar-refractivity contribution in [2.24, 2.45) is 0 Å². The van der Waals surface area contributed by atoms with E-state index in [-0.39, 0.29) is 11.8 Å². The summed E-state index contributed by atoms with van der Waals surface area (Å²) in [6.07, 6.45) is 4.33. The third kappa shape index (κ3) is 6.65. The molecular formula is C20H24N2O2. The molecule has 0 heterocycles. The van der Waals surface area contributed by atoms with Gasteiger partial charge in [0.05, 0.1) is 0 Å². The van der Waals surface area contributed by atoms with E-state index in [0.717, 1.165) is 31.4 Å². The van der Waals surface area contributed by atoms with Gasteiger partial charge in [0.15, 0.2) is 0 Å². The molecule has 0 aliphatic carbocycles. The topological polar surface area (TPSA) is 58.2 Å². The van der Waals surface area contributed by atoms with Gasteiger partial charge in [0.2, 0.25) is 5.91 Å². The van der Waals surface area contributed by atoms with Crippen molar-refractivity contribution in [1.29, 1.82) is 0 Å². The minimum atomic E-state index is -0.0298. The average molecular weight is 324 g/mol. The second kappa shape index (κ2) is 10.2. The lowest BCUT2D eigenvalue weighted by atomic mass is 10.1. The number of unbranched alkanes of at least 4 members (excludes halogenated alkanes) is 3. The first-order chi connectivity index (χ1) is 11.8. The lowest BCUT2D eigenvalue weighted by molar-refractivity contribution is -0.116. The summed E-state index contributed by atoms with van der Waals surface area (Å²) >= 11 is 0. The molecule has 0 bridgehead atoms. The maximum atomic E-state index is 11.8. The summed E-state index contributed by atoms with van der Waals surface area (Å²) < 4.78 is 0. The smallest absolute Gasteiger partial charge is 0.251 e. The summed E-state index contributed by atoms with van der Waals surface area (Å²) in [6.45, 7) is 0.671. The number of anilines is 1. The van der Waals surface area contributed by atoms with E-state index in [1.807, 2.05) is 48.5 Å². The van der Waals surface area contributed by atoms with Gasteiger partial charge < -0.3 is 10.6 Å². The van der Waals surface area contributed by atoms with Gasteiger partial charge in [-0.05, 0) is 37.1 Å². The quantitative estimate of drug-likeness (QED) is 0.685. The van der Waals surface area contributed by atoms with E-state index < -0.39 is 0 Å². The van der Waals surface area contributed by atoms with Crippen LogP contribution in [-0.4, -0.2) is 18.4 Å². The molecule has 0 saturated heterocycles. The van der Waals surface area contributed by atoms with Gasteiger partial charge in [-0.3, -0.25) is 9.59 Å². The molecule has 2 amide bonds. The van der Waals surface area contributed by atoms with Crippen LogP contribution < -0.4 is 10.6 Å². The van der Waals surface area contributed by atoms with Gasteiger partial charge in [0.25, 0.3) is 5.91 Å². The van der Waals surface area contributed by atoms with E-state index >= 15 is 0 Å². The molecule has 2 N–H and O–H groups in total. The van der Waals surface area contributed by atoms with Gasteiger partial charge in [0, 0.05) is 24.2 Å². The third-order valence-corrected chi connectivity index (χ3v) is 3.71. The Morgan fingerprint density at radius 1 is 0.750 bits per heavy atom. The Labute approximate surface area is 143 Å². The number of amides is 2. The fourth-order valence-corrected chi connectivity index (χ4v) is 2.40. The van der Waals surface area contributed by atoms with Crippen molar-refractivity contribution >= 4 is 17.5 Å². The monoisotopic (exact) mass is 324 g/mol. The van der Waals surface area contributed by atoms with E-state index in [2.05, 4.69) is 10.6 Å². The zero-order chi connectivity index (χ0) is 17.0. The van der Waals surface area contributed by atoms with E-state index in [0.29, 0.717) is 18.5 Å². The first-order valence-corrected chi connectivity index (χ1v) is 8.44. The molecule has 24 heavy (non-hydrogen) atoms. The SMILES string of the molecule is O=C(CCCCCCNC(=O)c1ccccc1)Nc1ccccc1. The molecule has 0 saturated carbocycles. The molecule has 126 valence electrons. The highest BCUT2D eigenvalue weighted by Gasteiger charge is 2.04. The number of rotatable bonds is 9. The highest BCUT2D eigenvalue weighted by Crippen LogP contribution is 2.08.